The molecule has 1 aromatic rings. The third kappa shape index (κ3) is 3.25. The lowest BCUT2D eigenvalue weighted by Crippen LogP contribution is -2.43. The van der Waals surface area contributed by atoms with Gasteiger partial charge < -0.3 is 15.1 Å². The minimum Gasteiger partial charge on any atom is -0.392 e. The summed E-state index contributed by atoms with van der Waals surface area (Å²) in [4.78, 5) is 6.68. The van der Waals surface area contributed by atoms with Gasteiger partial charge in [0.25, 0.3) is 0 Å². The topological polar surface area (TPSA) is 56.6 Å². The molecule has 1 aliphatic rings. The minimum absolute atomic E-state index is 0.0313. The molecule has 1 aliphatic carbocycles. The highest BCUT2D eigenvalue weighted by atomic mass is 16.3. The lowest BCUT2D eigenvalue weighted by atomic mass is 9.91. The van der Waals surface area contributed by atoms with Crippen LogP contribution in [-0.4, -0.2) is 34.4 Å². The van der Waals surface area contributed by atoms with Crippen LogP contribution in [0.3, 0.4) is 0 Å². The number of hydrogen-bond acceptors (Lipinski definition) is 4. The number of anilines is 1. The number of aromatic nitrogens is 1. The van der Waals surface area contributed by atoms with Crippen LogP contribution in [-0.2, 0) is 13.0 Å². The molecular formula is C15H24N2O2. The molecule has 1 heterocycles. The van der Waals surface area contributed by atoms with Crippen LogP contribution in [0.4, 0.5) is 5.82 Å². The highest BCUT2D eigenvalue weighted by Gasteiger charge is 2.27. The first-order valence-corrected chi connectivity index (χ1v) is 7.17. The lowest BCUT2D eigenvalue weighted by molar-refractivity contribution is 0.106. The van der Waals surface area contributed by atoms with Crippen LogP contribution in [0.25, 0.3) is 0 Å². The molecule has 0 amide bonds. The zero-order valence-corrected chi connectivity index (χ0v) is 11.8. The van der Waals surface area contributed by atoms with E-state index in [2.05, 4.69) is 16.8 Å². The van der Waals surface area contributed by atoms with Crippen molar-refractivity contribution in [2.75, 3.05) is 11.9 Å². The van der Waals surface area contributed by atoms with E-state index in [1.807, 2.05) is 19.2 Å². The van der Waals surface area contributed by atoms with Gasteiger partial charge in [0.2, 0.25) is 0 Å². The van der Waals surface area contributed by atoms with Crippen LogP contribution in [0.5, 0.6) is 0 Å². The second-order valence-electron chi connectivity index (χ2n) is 5.37. The molecule has 0 saturated heterocycles. The van der Waals surface area contributed by atoms with Crippen molar-refractivity contribution in [1.82, 2.24) is 4.98 Å². The van der Waals surface area contributed by atoms with Crippen molar-refractivity contribution >= 4 is 5.82 Å². The van der Waals surface area contributed by atoms with Gasteiger partial charge >= 0.3 is 0 Å². The molecule has 1 fully saturated rings. The third-order valence-electron chi connectivity index (χ3n) is 4.02. The normalized spacial score (nSPS) is 23.4. The van der Waals surface area contributed by atoms with Gasteiger partial charge in [0.05, 0.1) is 18.8 Å². The van der Waals surface area contributed by atoms with Gasteiger partial charge in [-0.1, -0.05) is 19.8 Å². The molecule has 0 aliphatic heterocycles. The standard InChI is InChI=1S/C15H24N2O2/c1-3-12-8-11(10-18)9-15(16-12)17(2)13-6-4-5-7-14(13)19/h8-9,13-14,18-19H,3-7,10H2,1-2H3. The number of aryl methyl sites for hydroxylation is 1. The van der Waals surface area contributed by atoms with E-state index in [1.54, 1.807) is 0 Å². The summed E-state index contributed by atoms with van der Waals surface area (Å²) in [5.74, 6) is 0.856. The van der Waals surface area contributed by atoms with Crippen molar-refractivity contribution in [3.05, 3.63) is 23.4 Å². The van der Waals surface area contributed by atoms with Crippen molar-refractivity contribution in [1.29, 1.82) is 0 Å². The molecule has 1 aromatic heterocycles. The Hall–Kier alpha value is -1.13. The summed E-state index contributed by atoms with van der Waals surface area (Å²) >= 11 is 0. The highest BCUT2D eigenvalue weighted by molar-refractivity contribution is 5.43. The van der Waals surface area contributed by atoms with Gasteiger partial charge in [-0.15, -0.1) is 0 Å². The van der Waals surface area contributed by atoms with Gasteiger partial charge in [-0.3, -0.25) is 0 Å². The van der Waals surface area contributed by atoms with E-state index in [4.69, 9.17) is 0 Å². The Kier molecular flexibility index (Phi) is 4.77. The first-order valence-electron chi connectivity index (χ1n) is 7.17. The monoisotopic (exact) mass is 264 g/mol. The van der Waals surface area contributed by atoms with E-state index in [0.717, 1.165) is 49.2 Å². The van der Waals surface area contributed by atoms with Crippen LogP contribution in [0, 0.1) is 0 Å². The number of aliphatic hydroxyl groups is 2. The van der Waals surface area contributed by atoms with Gasteiger partial charge in [-0.2, -0.15) is 0 Å². The summed E-state index contributed by atoms with van der Waals surface area (Å²) < 4.78 is 0. The SMILES string of the molecule is CCc1cc(CO)cc(N(C)C2CCCCC2O)n1. The zero-order chi connectivity index (χ0) is 13.8. The molecule has 1 saturated carbocycles. The Morgan fingerprint density at radius 1 is 1.32 bits per heavy atom. The summed E-state index contributed by atoms with van der Waals surface area (Å²) in [7, 11) is 1.99. The molecule has 4 nitrogen and oxygen atoms in total. The summed E-state index contributed by atoms with van der Waals surface area (Å²) in [5, 5.41) is 19.5. The van der Waals surface area contributed by atoms with Crippen LogP contribution >= 0.6 is 0 Å². The van der Waals surface area contributed by atoms with Crippen LogP contribution < -0.4 is 4.90 Å². The second kappa shape index (κ2) is 6.35. The van der Waals surface area contributed by atoms with Crippen LogP contribution in [0.1, 0.15) is 43.9 Å². The van der Waals surface area contributed by atoms with Crippen LogP contribution in [0.2, 0.25) is 0 Å². The number of aliphatic hydroxyl groups excluding tert-OH is 2. The predicted molar refractivity (Wildman–Crippen MR) is 76.2 cm³/mol. The molecule has 2 unspecified atom stereocenters. The number of likely N-dealkylation sites (N-methyl/N-ethyl adjacent to an activating group) is 1. The molecule has 2 atom stereocenters. The smallest absolute Gasteiger partial charge is 0.129 e. The second-order valence-corrected chi connectivity index (χ2v) is 5.37. The first-order chi connectivity index (χ1) is 9.15. The summed E-state index contributed by atoms with van der Waals surface area (Å²) in [6.45, 7) is 2.09. The average Bonchev–Trinajstić information content (AvgIpc) is 2.46. The molecule has 0 aromatic carbocycles. The van der Waals surface area contributed by atoms with E-state index >= 15 is 0 Å². The quantitative estimate of drug-likeness (QED) is 0.872. The molecule has 2 N–H and O–H groups in total. The van der Waals surface area contributed by atoms with Crippen molar-refractivity contribution < 1.29 is 10.2 Å². The first kappa shape index (κ1) is 14.3. The molecule has 19 heavy (non-hydrogen) atoms. The fourth-order valence-corrected chi connectivity index (χ4v) is 2.80. The summed E-state index contributed by atoms with van der Waals surface area (Å²) in [5.41, 5.74) is 1.87. The van der Waals surface area contributed by atoms with Gasteiger partial charge in [-0.05, 0) is 37.0 Å². The van der Waals surface area contributed by atoms with Crippen molar-refractivity contribution in [2.24, 2.45) is 0 Å². The lowest BCUT2D eigenvalue weighted by Gasteiger charge is -2.36. The Morgan fingerprint density at radius 3 is 2.68 bits per heavy atom. The summed E-state index contributed by atoms with van der Waals surface area (Å²) in [6, 6.07) is 4.00. The maximum atomic E-state index is 10.1. The maximum Gasteiger partial charge on any atom is 0.129 e. The van der Waals surface area contributed by atoms with Gasteiger partial charge in [0, 0.05) is 12.7 Å². The molecule has 2 rings (SSSR count). The summed E-state index contributed by atoms with van der Waals surface area (Å²) in [6.07, 6.45) is 4.72. The van der Waals surface area contributed by atoms with E-state index < -0.39 is 0 Å². The highest BCUT2D eigenvalue weighted by Crippen LogP contribution is 2.26. The van der Waals surface area contributed by atoms with E-state index in [-0.39, 0.29) is 18.8 Å². The zero-order valence-electron chi connectivity index (χ0n) is 11.8. The van der Waals surface area contributed by atoms with E-state index in [1.165, 1.54) is 0 Å². The van der Waals surface area contributed by atoms with E-state index in [9.17, 15) is 10.2 Å². The molecule has 0 bridgehead atoms. The van der Waals surface area contributed by atoms with Gasteiger partial charge in [-0.25, -0.2) is 4.98 Å². The fourth-order valence-electron chi connectivity index (χ4n) is 2.80. The largest absolute Gasteiger partial charge is 0.392 e. The molecule has 4 heteroatoms. The molecule has 106 valence electrons. The Labute approximate surface area is 115 Å². The predicted octanol–water partition coefficient (Wildman–Crippen LogP) is 1.88. The number of pyridine rings is 1. The third-order valence-corrected chi connectivity index (χ3v) is 4.02. The van der Waals surface area contributed by atoms with Crippen molar-refractivity contribution in [3.63, 3.8) is 0 Å². The Bertz CT molecular complexity index is 400. The average molecular weight is 264 g/mol. The Morgan fingerprint density at radius 2 is 2.05 bits per heavy atom. The van der Waals surface area contributed by atoms with E-state index in [0.29, 0.717) is 0 Å². The van der Waals surface area contributed by atoms with Gasteiger partial charge in [0.15, 0.2) is 0 Å². The van der Waals surface area contributed by atoms with Crippen LogP contribution in [0.15, 0.2) is 12.1 Å². The Balaban J connectivity index is 2.24. The molecular weight excluding hydrogens is 240 g/mol. The van der Waals surface area contributed by atoms with Crippen molar-refractivity contribution in [2.45, 2.75) is 57.8 Å². The molecule has 0 radical (unpaired) electrons. The number of nitrogens with zero attached hydrogens (tertiary/aromatic N) is 2. The maximum absolute atomic E-state index is 10.1. The minimum atomic E-state index is -0.275. The van der Waals surface area contributed by atoms with Crippen molar-refractivity contribution in [3.8, 4) is 0 Å². The molecule has 0 spiro atoms. The fraction of sp³-hybridized carbons (Fsp3) is 0.667. The number of rotatable bonds is 4. The number of hydrogen-bond donors (Lipinski definition) is 2. The van der Waals surface area contributed by atoms with Gasteiger partial charge in [0.1, 0.15) is 5.82 Å².